The number of rotatable bonds is 9. The maximum atomic E-state index is 13.2. The van der Waals surface area contributed by atoms with E-state index in [4.69, 9.17) is 9.47 Å². The first-order valence-corrected chi connectivity index (χ1v) is 11.5. The van der Waals surface area contributed by atoms with E-state index in [1.165, 1.54) is 19.2 Å². The molecular weight excluding hydrogens is 442 g/mol. The molecule has 9 heteroatoms. The van der Waals surface area contributed by atoms with Crippen LogP contribution in [0.5, 0.6) is 11.5 Å². The van der Waals surface area contributed by atoms with Crippen LogP contribution < -0.4 is 19.2 Å². The van der Waals surface area contributed by atoms with E-state index in [0.29, 0.717) is 28.5 Å². The zero-order valence-corrected chi connectivity index (χ0v) is 19.4. The molecule has 0 fully saturated rings. The van der Waals surface area contributed by atoms with Crippen molar-refractivity contribution in [1.82, 2.24) is 5.43 Å². The maximum absolute atomic E-state index is 13.2. The fourth-order valence-corrected chi connectivity index (χ4v) is 4.51. The molecule has 0 aliphatic heterocycles. The normalized spacial score (nSPS) is 11.5. The summed E-state index contributed by atoms with van der Waals surface area (Å²) in [4.78, 5) is 12.8. The van der Waals surface area contributed by atoms with Gasteiger partial charge in [0.15, 0.2) is 11.5 Å². The van der Waals surface area contributed by atoms with Crippen LogP contribution in [-0.2, 0) is 14.8 Å². The van der Waals surface area contributed by atoms with Crippen molar-refractivity contribution in [2.24, 2.45) is 5.10 Å². The monoisotopic (exact) mass is 467 g/mol. The van der Waals surface area contributed by atoms with Gasteiger partial charge in [-0.05, 0) is 49.4 Å². The second-order valence-electron chi connectivity index (χ2n) is 6.96. The summed E-state index contributed by atoms with van der Waals surface area (Å²) in [5.41, 5.74) is 4.04. The zero-order chi connectivity index (χ0) is 23.8. The summed E-state index contributed by atoms with van der Waals surface area (Å²) >= 11 is 0. The van der Waals surface area contributed by atoms with E-state index in [9.17, 15) is 13.2 Å². The van der Waals surface area contributed by atoms with Crippen LogP contribution in [0.2, 0.25) is 0 Å². The van der Waals surface area contributed by atoms with Gasteiger partial charge < -0.3 is 9.47 Å². The number of nitrogens with zero attached hydrogens (tertiary/aromatic N) is 2. The largest absolute Gasteiger partial charge is 0.493 e. The van der Waals surface area contributed by atoms with Crippen molar-refractivity contribution in [3.05, 3.63) is 84.4 Å². The van der Waals surface area contributed by atoms with Crippen LogP contribution in [0.15, 0.2) is 88.9 Å². The number of hydrazone groups is 1. The molecule has 0 aromatic heterocycles. The molecule has 0 radical (unpaired) electrons. The number of ether oxygens (including phenoxy) is 2. The first-order valence-electron chi connectivity index (χ1n) is 10.0. The first-order chi connectivity index (χ1) is 15.9. The highest BCUT2D eigenvalue weighted by Gasteiger charge is 2.26. The predicted molar refractivity (Wildman–Crippen MR) is 127 cm³/mol. The number of sulfonamides is 1. The fraction of sp³-hybridized carbons (Fsp3) is 0.167. The van der Waals surface area contributed by atoms with Crippen LogP contribution >= 0.6 is 0 Å². The van der Waals surface area contributed by atoms with Crippen LogP contribution in [0.3, 0.4) is 0 Å². The highest BCUT2D eigenvalue weighted by molar-refractivity contribution is 7.92. The summed E-state index contributed by atoms with van der Waals surface area (Å²) in [6.45, 7) is 1.28. The van der Waals surface area contributed by atoms with Crippen molar-refractivity contribution >= 4 is 27.3 Å². The molecule has 3 aromatic carbocycles. The van der Waals surface area contributed by atoms with Gasteiger partial charge in [0.2, 0.25) is 0 Å². The second kappa shape index (κ2) is 10.6. The van der Waals surface area contributed by atoms with Gasteiger partial charge in [0, 0.05) is 5.56 Å². The molecule has 1 amide bonds. The fourth-order valence-electron chi connectivity index (χ4n) is 3.07. The Labute approximate surface area is 193 Å². The lowest BCUT2D eigenvalue weighted by Crippen LogP contribution is -2.39. The number of methoxy groups -OCH3 is 2. The van der Waals surface area contributed by atoms with Crippen LogP contribution in [0.25, 0.3) is 0 Å². The third kappa shape index (κ3) is 5.69. The van der Waals surface area contributed by atoms with Crippen molar-refractivity contribution in [3.63, 3.8) is 0 Å². The van der Waals surface area contributed by atoms with E-state index < -0.39 is 22.5 Å². The van der Waals surface area contributed by atoms with Crippen LogP contribution in [0.1, 0.15) is 12.5 Å². The van der Waals surface area contributed by atoms with Crippen LogP contribution in [0.4, 0.5) is 5.69 Å². The van der Waals surface area contributed by atoms with Gasteiger partial charge >= 0.3 is 0 Å². The first kappa shape index (κ1) is 23.8. The minimum Gasteiger partial charge on any atom is -0.493 e. The van der Waals surface area contributed by atoms with Crippen molar-refractivity contribution in [2.45, 2.75) is 11.8 Å². The number of carbonyl (C=O) groups excluding carboxylic acids is 1. The molecule has 0 spiro atoms. The lowest BCUT2D eigenvalue weighted by Gasteiger charge is -2.23. The number of hydrogen-bond acceptors (Lipinski definition) is 6. The summed E-state index contributed by atoms with van der Waals surface area (Å²) in [5.74, 6) is 0.515. The molecular formula is C24H25N3O5S. The maximum Gasteiger partial charge on any atom is 0.264 e. The number of carbonyl (C=O) groups is 1. The molecule has 3 rings (SSSR count). The zero-order valence-electron chi connectivity index (χ0n) is 18.6. The molecule has 0 aliphatic rings. The number of nitrogens with one attached hydrogen (secondary N) is 1. The standard InChI is InChI=1S/C24H25N3O5S/c1-18(19-14-15-22(31-2)23(16-19)32-3)25-26-24(28)17-27(20-10-6-4-7-11-20)33(29,30)21-12-8-5-9-13-21/h4-16H,17H2,1-3H3,(H,26,28). The van der Waals surface area contributed by atoms with Gasteiger partial charge in [-0.1, -0.05) is 36.4 Å². The van der Waals surface area contributed by atoms with Crippen LogP contribution in [0, 0.1) is 0 Å². The minimum atomic E-state index is -3.96. The molecule has 0 saturated carbocycles. The molecule has 0 bridgehead atoms. The number of hydrogen-bond donors (Lipinski definition) is 1. The van der Waals surface area contributed by atoms with E-state index in [0.717, 1.165) is 4.31 Å². The second-order valence-corrected chi connectivity index (χ2v) is 8.82. The number of amides is 1. The lowest BCUT2D eigenvalue weighted by molar-refractivity contribution is -0.119. The molecule has 33 heavy (non-hydrogen) atoms. The highest BCUT2D eigenvalue weighted by Crippen LogP contribution is 2.28. The lowest BCUT2D eigenvalue weighted by atomic mass is 10.1. The molecule has 0 heterocycles. The molecule has 0 unspecified atom stereocenters. The van der Waals surface area contributed by atoms with Gasteiger partial charge in [-0.15, -0.1) is 0 Å². The molecule has 3 aromatic rings. The number of anilines is 1. The molecule has 0 saturated heterocycles. The summed E-state index contributed by atoms with van der Waals surface area (Å²) in [6.07, 6.45) is 0. The topological polar surface area (TPSA) is 97.3 Å². The summed E-state index contributed by atoms with van der Waals surface area (Å²) in [7, 11) is -0.892. The quantitative estimate of drug-likeness (QED) is 0.384. The molecule has 1 N–H and O–H groups in total. The Morgan fingerprint density at radius 3 is 2.12 bits per heavy atom. The highest BCUT2D eigenvalue weighted by atomic mass is 32.2. The SMILES string of the molecule is COc1ccc(C(C)=NNC(=O)CN(c2ccccc2)S(=O)(=O)c2ccccc2)cc1OC. The van der Waals surface area contributed by atoms with E-state index in [-0.39, 0.29) is 4.90 Å². The van der Waals surface area contributed by atoms with E-state index >= 15 is 0 Å². The smallest absolute Gasteiger partial charge is 0.264 e. The summed E-state index contributed by atoms with van der Waals surface area (Å²) < 4.78 is 38.1. The third-order valence-electron chi connectivity index (χ3n) is 4.81. The molecule has 0 aliphatic carbocycles. The molecule has 0 atom stereocenters. The third-order valence-corrected chi connectivity index (χ3v) is 6.60. The average Bonchev–Trinajstić information content (AvgIpc) is 2.86. The van der Waals surface area contributed by atoms with Gasteiger partial charge in [-0.3, -0.25) is 9.10 Å². The Bertz CT molecular complexity index is 1230. The Balaban J connectivity index is 1.82. The van der Waals surface area contributed by atoms with Crippen molar-refractivity contribution < 1.29 is 22.7 Å². The Morgan fingerprint density at radius 2 is 1.52 bits per heavy atom. The van der Waals surface area contributed by atoms with Crippen molar-refractivity contribution in [1.29, 1.82) is 0 Å². The van der Waals surface area contributed by atoms with Gasteiger partial charge in [0.05, 0.1) is 30.5 Å². The van der Waals surface area contributed by atoms with Crippen molar-refractivity contribution in [2.75, 3.05) is 25.1 Å². The predicted octanol–water partition coefficient (Wildman–Crippen LogP) is 3.44. The number of para-hydroxylation sites is 1. The Kier molecular flexibility index (Phi) is 7.68. The van der Waals surface area contributed by atoms with Gasteiger partial charge in [-0.2, -0.15) is 5.10 Å². The molecule has 8 nitrogen and oxygen atoms in total. The minimum absolute atomic E-state index is 0.0895. The summed E-state index contributed by atoms with van der Waals surface area (Å²) in [6, 6.07) is 21.7. The Morgan fingerprint density at radius 1 is 0.909 bits per heavy atom. The van der Waals surface area contributed by atoms with E-state index in [2.05, 4.69) is 10.5 Å². The van der Waals surface area contributed by atoms with E-state index in [1.54, 1.807) is 80.8 Å². The van der Waals surface area contributed by atoms with Gasteiger partial charge in [0.25, 0.3) is 15.9 Å². The van der Waals surface area contributed by atoms with Gasteiger partial charge in [0.1, 0.15) is 6.54 Å². The number of benzene rings is 3. The van der Waals surface area contributed by atoms with Gasteiger partial charge in [-0.25, -0.2) is 13.8 Å². The Hall–Kier alpha value is -3.85. The summed E-state index contributed by atoms with van der Waals surface area (Å²) in [5, 5.41) is 4.13. The average molecular weight is 468 g/mol. The molecule has 172 valence electrons. The van der Waals surface area contributed by atoms with Crippen molar-refractivity contribution in [3.8, 4) is 11.5 Å². The van der Waals surface area contributed by atoms with Crippen LogP contribution in [-0.4, -0.2) is 40.8 Å². The van der Waals surface area contributed by atoms with E-state index in [1.807, 2.05) is 0 Å².